The summed E-state index contributed by atoms with van der Waals surface area (Å²) in [4.78, 5) is 33.4. The van der Waals surface area contributed by atoms with Crippen LogP contribution in [0.25, 0.3) is 5.65 Å². The lowest BCUT2D eigenvalue weighted by Gasteiger charge is -2.31. The lowest BCUT2D eigenvalue weighted by Crippen LogP contribution is -2.40. The third kappa shape index (κ3) is 3.98. The number of nitrogens with one attached hydrogen (secondary N) is 2. The molecule has 2 aliphatic heterocycles. The standard InChI is InChI=1S/C23H27N7O2/c1-2-24-23(32)26-19-15-30-20(25-19)7-8-21(27-30)28-11-10-18(14-28)22(31)29-12-9-16-5-3-4-6-17(16)13-29/h3-8,15,18H,2,9-14H2,1H3,(H2,24,26,32). The van der Waals surface area contributed by atoms with Crippen molar-refractivity contribution in [3.63, 3.8) is 0 Å². The fourth-order valence-corrected chi connectivity index (χ4v) is 4.53. The van der Waals surface area contributed by atoms with E-state index in [9.17, 15) is 9.59 Å². The molecule has 0 radical (unpaired) electrons. The monoisotopic (exact) mass is 433 g/mol. The average Bonchev–Trinajstić information content (AvgIpc) is 3.44. The van der Waals surface area contributed by atoms with Gasteiger partial charge in [-0.15, -0.1) is 5.10 Å². The molecule has 5 rings (SSSR count). The fourth-order valence-electron chi connectivity index (χ4n) is 4.53. The summed E-state index contributed by atoms with van der Waals surface area (Å²) in [6.45, 7) is 5.33. The van der Waals surface area contributed by atoms with E-state index >= 15 is 0 Å². The number of carbonyl (C=O) groups excluding carboxylic acids is 2. The van der Waals surface area contributed by atoms with Crippen molar-refractivity contribution in [1.29, 1.82) is 0 Å². The highest BCUT2D eigenvalue weighted by Gasteiger charge is 2.33. The van der Waals surface area contributed by atoms with Gasteiger partial charge in [-0.05, 0) is 43.0 Å². The first-order valence-corrected chi connectivity index (χ1v) is 11.1. The number of anilines is 2. The van der Waals surface area contributed by atoms with E-state index in [-0.39, 0.29) is 17.9 Å². The van der Waals surface area contributed by atoms with Gasteiger partial charge in [-0.2, -0.15) is 0 Å². The van der Waals surface area contributed by atoms with Gasteiger partial charge in [-0.25, -0.2) is 14.3 Å². The molecule has 3 aromatic rings. The molecule has 9 nitrogen and oxygen atoms in total. The summed E-state index contributed by atoms with van der Waals surface area (Å²) >= 11 is 0. The molecule has 32 heavy (non-hydrogen) atoms. The Kier molecular flexibility index (Phi) is 5.38. The molecule has 166 valence electrons. The van der Waals surface area contributed by atoms with Crippen molar-refractivity contribution in [3.8, 4) is 0 Å². The molecule has 2 aromatic heterocycles. The molecule has 9 heteroatoms. The van der Waals surface area contributed by atoms with Gasteiger partial charge in [0.25, 0.3) is 0 Å². The molecular formula is C23H27N7O2. The van der Waals surface area contributed by atoms with E-state index in [1.165, 1.54) is 11.1 Å². The molecule has 2 N–H and O–H groups in total. The summed E-state index contributed by atoms with van der Waals surface area (Å²) in [5.41, 5.74) is 3.26. The number of nitrogens with zero attached hydrogens (tertiary/aromatic N) is 5. The second-order valence-electron chi connectivity index (χ2n) is 8.32. The van der Waals surface area contributed by atoms with E-state index in [1.54, 1.807) is 10.7 Å². The Morgan fingerprint density at radius 1 is 1.12 bits per heavy atom. The highest BCUT2D eigenvalue weighted by atomic mass is 16.2. The third-order valence-electron chi connectivity index (χ3n) is 6.19. The molecule has 1 aromatic carbocycles. The number of urea groups is 1. The quantitative estimate of drug-likeness (QED) is 0.658. The summed E-state index contributed by atoms with van der Waals surface area (Å²) in [6, 6.07) is 11.9. The Morgan fingerprint density at radius 2 is 1.97 bits per heavy atom. The van der Waals surface area contributed by atoms with Crippen molar-refractivity contribution >= 4 is 29.2 Å². The largest absolute Gasteiger partial charge is 0.354 e. The first-order valence-electron chi connectivity index (χ1n) is 11.1. The molecule has 0 saturated carbocycles. The van der Waals surface area contributed by atoms with Gasteiger partial charge in [0.05, 0.1) is 12.1 Å². The fraction of sp³-hybridized carbons (Fsp3) is 0.391. The number of benzene rings is 1. The van der Waals surface area contributed by atoms with Gasteiger partial charge in [0.15, 0.2) is 11.5 Å². The van der Waals surface area contributed by atoms with Crippen LogP contribution in [-0.4, -0.2) is 57.6 Å². The zero-order chi connectivity index (χ0) is 22.1. The van der Waals surface area contributed by atoms with Gasteiger partial charge in [0, 0.05) is 32.7 Å². The van der Waals surface area contributed by atoms with Crippen molar-refractivity contribution in [2.45, 2.75) is 26.3 Å². The summed E-state index contributed by atoms with van der Waals surface area (Å²) in [5.74, 6) is 1.47. The number of imidazole rings is 1. The number of rotatable bonds is 4. The maximum absolute atomic E-state index is 13.2. The zero-order valence-electron chi connectivity index (χ0n) is 18.1. The van der Waals surface area contributed by atoms with Crippen LogP contribution in [0.4, 0.5) is 16.4 Å². The highest BCUT2D eigenvalue weighted by Crippen LogP contribution is 2.27. The number of amides is 3. The number of carbonyl (C=O) groups is 2. The van der Waals surface area contributed by atoms with E-state index in [2.05, 4.69) is 43.8 Å². The minimum absolute atomic E-state index is 0.0180. The van der Waals surface area contributed by atoms with Crippen LogP contribution >= 0.6 is 0 Å². The topological polar surface area (TPSA) is 94.9 Å². The van der Waals surface area contributed by atoms with Crippen molar-refractivity contribution in [2.24, 2.45) is 5.92 Å². The van der Waals surface area contributed by atoms with Crippen LogP contribution in [0.15, 0.2) is 42.6 Å². The van der Waals surface area contributed by atoms with Crippen molar-refractivity contribution in [2.75, 3.05) is 36.4 Å². The van der Waals surface area contributed by atoms with E-state index in [0.717, 1.165) is 31.7 Å². The van der Waals surface area contributed by atoms with Gasteiger partial charge >= 0.3 is 6.03 Å². The van der Waals surface area contributed by atoms with E-state index in [4.69, 9.17) is 0 Å². The summed E-state index contributed by atoms with van der Waals surface area (Å²) in [7, 11) is 0. The summed E-state index contributed by atoms with van der Waals surface area (Å²) < 4.78 is 1.66. The molecule has 0 aliphatic carbocycles. The summed E-state index contributed by atoms with van der Waals surface area (Å²) in [6.07, 6.45) is 3.44. The van der Waals surface area contributed by atoms with Crippen LogP contribution in [0.1, 0.15) is 24.5 Å². The van der Waals surface area contributed by atoms with Crippen LogP contribution in [0.5, 0.6) is 0 Å². The number of aromatic nitrogens is 3. The Bertz CT molecular complexity index is 1160. The maximum atomic E-state index is 13.2. The number of fused-ring (bicyclic) bond motifs is 2. The average molecular weight is 434 g/mol. The lowest BCUT2D eigenvalue weighted by atomic mass is 9.98. The summed E-state index contributed by atoms with van der Waals surface area (Å²) in [5, 5.41) is 10.0. The van der Waals surface area contributed by atoms with Crippen LogP contribution in [0, 0.1) is 5.92 Å². The van der Waals surface area contributed by atoms with Crippen molar-refractivity contribution in [3.05, 3.63) is 53.7 Å². The van der Waals surface area contributed by atoms with Gasteiger partial charge < -0.3 is 15.1 Å². The van der Waals surface area contributed by atoms with Gasteiger partial charge in [-0.3, -0.25) is 10.1 Å². The second-order valence-corrected chi connectivity index (χ2v) is 8.32. The Hall–Kier alpha value is -3.62. The van der Waals surface area contributed by atoms with E-state index in [1.807, 2.05) is 30.0 Å². The van der Waals surface area contributed by atoms with Crippen LogP contribution in [0.2, 0.25) is 0 Å². The minimum Gasteiger partial charge on any atom is -0.354 e. The predicted octanol–water partition coefficient (Wildman–Crippen LogP) is 2.28. The minimum atomic E-state index is -0.294. The smallest absolute Gasteiger partial charge is 0.320 e. The van der Waals surface area contributed by atoms with Crippen LogP contribution in [-0.2, 0) is 17.8 Å². The molecule has 1 unspecified atom stereocenters. The molecule has 0 spiro atoms. The second kappa shape index (κ2) is 8.49. The third-order valence-corrected chi connectivity index (χ3v) is 6.19. The molecule has 3 amide bonds. The normalized spacial score (nSPS) is 18.0. The predicted molar refractivity (Wildman–Crippen MR) is 122 cm³/mol. The van der Waals surface area contributed by atoms with Gasteiger partial charge in [-0.1, -0.05) is 24.3 Å². The van der Waals surface area contributed by atoms with Crippen molar-refractivity contribution < 1.29 is 9.59 Å². The molecule has 1 atom stereocenters. The molecule has 0 bridgehead atoms. The van der Waals surface area contributed by atoms with Crippen LogP contribution < -0.4 is 15.5 Å². The molecule has 1 saturated heterocycles. The lowest BCUT2D eigenvalue weighted by molar-refractivity contribution is -0.135. The first kappa shape index (κ1) is 20.3. The maximum Gasteiger partial charge on any atom is 0.320 e. The number of hydrogen-bond donors (Lipinski definition) is 2. The Labute approximate surface area is 186 Å². The Balaban J connectivity index is 1.25. The van der Waals surface area contributed by atoms with E-state index in [0.29, 0.717) is 31.1 Å². The molecule has 1 fully saturated rings. The molecule has 4 heterocycles. The first-order chi connectivity index (χ1) is 15.6. The highest BCUT2D eigenvalue weighted by molar-refractivity contribution is 5.88. The van der Waals surface area contributed by atoms with E-state index < -0.39 is 0 Å². The van der Waals surface area contributed by atoms with Gasteiger partial charge in [0.1, 0.15) is 5.82 Å². The Morgan fingerprint density at radius 3 is 2.81 bits per heavy atom. The molecular weight excluding hydrogens is 406 g/mol. The van der Waals surface area contributed by atoms with Crippen LogP contribution in [0.3, 0.4) is 0 Å². The SMILES string of the molecule is CCNC(=O)Nc1cn2nc(N3CCC(C(=O)N4CCc5ccccc5C4)C3)ccc2n1. The zero-order valence-corrected chi connectivity index (χ0v) is 18.1. The van der Waals surface area contributed by atoms with Gasteiger partial charge in [0.2, 0.25) is 5.91 Å². The molecule has 2 aliphatic rings. The van der Waals surface area contributed by atoms with Crippen molar-refractivity contribution in [1.82, 2.24) is 24.8 Å². The number of hydrogen-bond acceptors (Lipinski definition) is 5.